The van der Waals surface area contributed by atoms with Crippen LogP contribution in [0.3, 0.4) is 0 Å². The molecule has 0 atom stereocenters. The number of alkyl carbamates (subject to hydrolysis) is 1. The van der Waals surface area contributed by atoms with E-state index in [1.807, 2.05) is 24.3 Å². The number of rotatable bonds is 9. The predicted octanol–water partition coefficient (Wildman–Crippen LogP) is 5.95. The number of nitrogens with zero attached hydrogens (tertiary/aromatic N) is 3. The third kappa shape index (κ3) is 7.62. The van der Waals surface area contributed by atoms with Crippen LogP contribution >= 0.6 is 0 Å². The first-order valence-corrected chi connectivity index (χ1v) is 15.3. The van der Waals surface area contributed by atoms with E-state index in [2.05, 4.69) is 30.1 Å². The van der Waals surface area contributed by atoms with E-state index in [0.29, 0.717) is 23.3 Å². The summed E-state index contributed by atoms with van der Waals surface area (Å²) in [4.78, 5) is 23.5. The van der Waals surface area contributed by atoms with Crippen molar-refractivity contribution < 1.29 is 19.2 Å². The number of carbonyl (C=O) groups is 1. The maximum Gasteiger partial charge on any atom is 0.407 e. The standard InChI is InChI=1S/C25H34N4O5Si/c1-25(2,3)34-24(30)26-15-18-8-7-9-19(12-18)21-13-20-16-27-28(17-33-10-11-35(4,5)6)22(20)14-23(21)29(31)32/h7-9,12-14,16H,10-11,15,17H2,1-6H3,(H,26,30). The third-order valence-corrected chi connectivity index (χ3v) is 6.94. The molecule has 0 fully saturated rings. The summed E-state index contributed by atoms with van der Waals surface area (Å²) in [7, 11) is -1.20. The van der Waals surface area contributed by atoms with E-state index in [4.69, 9.17) is 9.47 Å². The Balaban J connectivity index is 1.82. The summed E-state index contributed by atoms with van der Waals surface area (Å²) < 4.78 is 12.7. The maximum absolute atomic E-state index is 12.0. The number of nitrogens with one attached hydrogen (secondary N) is 1. The highest BCUT2D eigenvalue weighted by atomic mass is 28.3. The number of amides is 1. The fourth-order valence-corrected chi connectivity index (χ4v) is 4.22. The van der Waals surface area contributed by atoms with Gasteiger partial charge in [-0.2, -0.15) is 5.10 Å². The van der Waals surface area contributed by atoms with Crippen molar-refractivity contribution in [2.75, 3.05) is 6.61 Å². The van der Waals surface area contributed by atoms with Gasteiger partial charge in [0.2, 0.25) is 0 Å². The molecule has 9 nitrogen and oxygen atoms in total. The topological polar surface area (TPSA) is 109 Å². The average molecular weight is 499 g/mol. The zero-order chi connectivity index (χ0) is 25.8. The molecule has 1 amide bonds. The van der Waals surface area contributed by atoms with E-state index in [9.17, 15) is 14.9 Å². The van der Waals surface area contributed by atoms with Gasteiger partial charge in [0.05, 0.1) is 22.2 Å². The van der Waals surface area contributed by atoms with E-state index in [1.165, 1.54) is 0 Å². The first kappa shape index (κ1) is 26.4. The number of nitro benzene ring substituents is 1. The number of aromatic nitrogens is 2. The Hall–Kier alpha value is -3.24. The highest BCUT2D eigenvalue weighted by Crippen LogP contribution is 2.34. The summed E-state index contributed by atoms with van der Waals surface area (Å²) in [6, 6.07) is 11.7. The van der Waals surface area contributed by atoms with Gasteiger partial charge >= 0.3 is 6.09 Å². The summed E-state index contributed by atoms with van der Waals surface area (Å²) in [6.45, 7) is 13.4. The molecular weight excluding hydrogens is 464 g/mol. The fourth-order valence-electron chi connectivity index (χ4n) is 3.47. The van der Waals surface area contributed by atoms with E-state index >= 15 is 0 Å². The highest BCUT2D eigenvalue weighted by Gasteiger charge is 2.20. The van der Waals surface area contributed by atoms with Crippen LogP contribution in [0.1, 0.15) is 26.3 Å². The number of fused-ring (bicyclic) bond motifs is 1. The number of carbonyl (C=O) groups excluding carboxylic acids is 1. The number of ether oxygens (including phenoxy) is 2. The SMILES string of the molecule is CC(C)(C)OC(=O)NCc1cccc(-c2cc3cnn(COCC[Si](C)(C)C)c3cc2[N+](=O)[O-])c1. The van der Waals surface area contributed by atoms with Gasteiger partial charge in [-0.1, -0.05) is 37.8 Å². The van der Waals surface area contributed by atoms with Crippen molar-refractivity contribution in [1.82, 2.24) is 15.1 Å². The Bertz CT molecular complexity index is 1210. The Labute approximate surface area is 206 Å². The Morgan fingerprint density at radius 3 is 2.60 bits per heavy atom. The van der Waals surface area contributed by atoms with Gasteiger partial charge in [0, 0.05) is 32.7 Å². The van der Waals surface area contributed by atoms with Crippen LogP contribution in [-0.4, -0.2) is 41.1 Å². The van der Waals surface area contributed by atoms with Crippen LogP contribution in [-0.2, 0) is 22.7 Å². The molecule has 0 saturated carbocycles. The lowest BCUT2D eigenvalue weighted by Gasteiger charge is -2.19. The lowest BCUT2D eigenvalue weighted by Crippen LogP contribution is -2.32. The fraction of sp³-hybridized carbons (Fsp3) is 0.440. The van der Waals surface area contributed by atoms with Crippen LogP contribution < -0.4 is 5.32 Å². The Morgan fingerprint density at radius 2 is 1.94 bits per heavy atom. The minimum atomic E-state index is -1.20. The van der Waals surface area contributed by atoms with Crippen LogP contribution in [0, 0.1) is 10.1 Å². The first-order chi connectivity index (χ1) is 16.3. The summed E-state index contributed by atoms with van der Waals surface area (Å²) in [5.74, 6) is 0. The van der Waals surface area contributed by atoms with Crippen LogP contribution in [0.5, 0.6) is 0 Å². The number of hydrogen-bond donors (Lipinski definition) is 1. The molecule has 0 radical (unpaired) electrons. The molecule has 1 heterocycles. The molecule has 1 N–H and O–H groups in total. The van der Waals surface area contributed by atoms with Crippen LogP contribution in [0.15, 0.2) is 42.6 Å². The quantitative estimate of drug-likeness (QED) is 0.169. The van der Waals surface area contributed by atoms with Gasteiger partial charge in [0.1, 0.15) is 12.3 Å². The van der Waals surface area contributed by atoms with Crippen molar-refractivity contribution >= 4 is 30.8 Å². The van der Waals surface area contributed by atoms with Crippen LogP contribution in [0.4, 0.5) is 10.5 Å². The molecule has 35 heavy (non-hydrogen) atoms. The van der Waals surface area contributed by atoms with Gasteiger partial charge in [-0.05, 0) is 50.1 Å². The van der Waals surface area contributed by atoms with Gasteiger partial charge < -0.3 is 14.8 Å². The minimum absolute atomic E-state index is 0.0152. The highest BCUT2D eigenvalue weighted by molar-refractivity contribution is 6.76. The second-order valence-electron chi connectivity index (χ2n) is 10.7. The molecule has 0 unspecified atom stereocenters. The normalized spacial score (nSPS) is 12.1. The number of nitro groups is 1. The lowest BCUT2D eigenvalue weighted by atomic mass is 10.00. The Kier molecular flexibility index (Phi) is 7.96. The summed E-state index contributed by atoms with van der Waals surface area (Å²) in [5, 5.41) is 19.8. The summed E-state index contributed by atoms with van der Waals surface area (Å²) in [6.07, 6.45) is 1.17. The van der Waals surface area contributed by atoms with E-state index in [0.717, 1.165) is 17.0 Å². The van der Waals surface area contributed by atoms with Crippen LogP contribution in [0.2, 0.25) is 25.7 Å². The molecule has 3 rings (SSSR count). The van der Waals surface area contributed by atoms with E-state index < -0.39 is 19.8 Å². The number of hydrogen-bond acceptors (Lipinski definition) is 6. The van der Waals surface area contributed by atoms with Crippen molar-refractivity contribution in [3.63, 3.8) is 0 Å². The van der Waals surface area contributed by atoms with Gasteiger partial charge in [-0.3, -0.25) is 10.1 Å². The molecule has 0 spiro atoms. The lowest BCUT2D eigenvalue weighted by molar-refractivity contribution is -0.384. The largest absolute Gasteiger partial charge is 0.444 e. The molecule has 10 heteroatoms. The zero-order valence-electron chi connectivity index (χ0n) is 21.3. The smallest absolute Gasteiger partial charge is 0.407 e. The summed E-state index contributed by atoms with van der Waals surface area (Å²) >= 11 is 0. The van der Waals surface area contributed by atoms with E-state index in [1.54, 1.807) is 43.8 Å². The monoisotopic (exact) mass is 498 g/mol. The van der Waals surface area contributed by atoms with Crippen molar-refractivity contribution in [2.24, 2.45) is 0 Å². The zero-order valence-corrected chi connectivity index (χ0v) is 22.3. The summed E-state index contributed by atoms with van der Waals surface area (Å²) in [5.41, 5.74) is 2.01. The minimum Gasteiger partial charge on any atom is -0.444 e. The van der Waals surface area contributed by atoms with Gasteiger partial charge in [-0.15, -0.1) is 0 Å². The molecule has 0 saturated heterocycles. The molecule has 0 aliphatic heterocycles. The molecule has 0 bridgehead atoms. The van der Waals surface area contributed by atoms with Crippen molar-refractivity contribution in [2.45, 2.75) is 65.3 Å². The van der Waals surface area contributed by atoms with Gasteiger partial charge in [0.15, 0.2) is 0 Å². The molecule has 0 aliphatic rings. The van der Waals surface area contributed by atoms with Crippen molar-refractivity contribution in [3.8, 4) is 11.1 Å². The van der Waals surface area contributed by atoms with Crippen LogP contribution in [0.25, 0.3) is 22.0 Å². The molecular formula is C25H34N4O5Si. The molecule has 3 aromatic rings. The van der Waals surface area contributed by atoms with Gasteiger partial charge in [-0.25, -0.2) is 9.48 Å². The number of benzene rings is 2. The average Bonchev–Trinajstić information content (AvgIpc) is 3.15. The van der Waals surface area contributed by atoms with Crippen molar-refractivity contribution in [3.05, 3.63) is 58.3 Å². The molecule has 2 aromatic carbocycles. The second kappa shape index (κ2) is 10.6. The predicted molar refractivity (Wildman–Crippen MR) is 139 cm³/mol. The maximum atomic E-state index is 12.0. The first-order valence-electron chi connectivity index (χ1n) is 11.6. The third-order valence-electron chi connectivity index (χ3n) is 5.24. The molecule has 1 aromatic heterocycles. The molecule has 188 valence electrons. The second-order valence-corrected chi connectivity index (χ2v) is 16.4. The van der Waals surface area contributed by atoms with Gasteiger partial charge in [0.25, 0.3) is 5.69 Å². The van der Waals surface area contributed by atoms with E-state index in [-0.39, 0.29) is 23.9 Å². The molecule has 0 aliphatic carbocycles. The van der Waals surface area contributed by atoms with Crippen molar-refractivity contribution in [1.29, 1.82) is 0 Å². The Morgan fingerprint density at radius 1 is 1.20 bits per heavy atom.